The average molecular weight is 290 g/mol. The van der Waals surface area contributed by atoms with Gasteiger partial charge in [-0.2, -0.15) is 5.10 Å². The van der Waals surface area contributed by atoms with Crippen LogP contribution in [0, 0.1) is 11.8 Å². The van der Waals surface area contributed by atoms with Crippen LogP contribution in [0.1, 0.15) is 24.7 Å². The number of hydrogen-bond donors (Lipinski definition) is 0. The van der Waals surface area contributed by atoms with Crippen LogP contribution in [-0.2, 0) is 13.2 Å². The van der Waals surface area contributed by atoms with Crippen LogP contribution in [0.5, 0.6) is 5.75 Å². The molecule has 0 spiro atoms. The summed E-state index contributed by atoms with van der Waals surface area (Å²) in [6.07, 6.45) is 2.57. The van der Waals surface area contributed by atoms with Crippen LogP contribution in [0.2, 0.25) is 0 Å². The monoisotopic (exact) mass is 289 g/mol. The number of aryl methyl sites for hydroxylation is 1. The Bertz CT molecular complexity index is 596. The SMILES string of the molecule is CCCn1ncnc1COc1ccc(C#CCCl)cc1. The Hall–Kier alpha value is -1.99. The first-order valence-corrected chi connectivity index (χ1v) is 7.01. The van der Waals surface area contributed by atoms with E-state index >= 15 is 0 Å². The minimum atomic E-state index is 0.339. The fourth-order valence-corrected chi connectivity index (χ4v) is 1.78. The van der Waals surface area contributed by atoms with Crippen LogP contribution in [0.3, 0.4) is 0 Å². The fourth-order valence-electron chi connectivity index (χ4n) is 1.72. The molecular formula is C15H16ClN3O. The molecule has 0 N–H and O–H groups in total. The van der Waals surface area contributed by atoms with Gasteiger partial charge in [0, 0.05) is 12.1 Å². The van der Waals surface area contributed by atoms with Crippen LogP contribution in [0.15, 0.2) is 30.6 Å². The van der Waals surface area contributed by atoms with Gasteiger partial charge in [0.15, 0.2) is 5.82 Å². The van der Waals surface area contributed by atoms with Gasteiger partial charge < -0.3 is 4.74 Å². The maximum absolute atomic E-state index is 5.70. The summed E-state index contributed by atoms with van der Waals surface area (Å²) in [5.41, 5.74) is 0.923. The largest absolute Gasteiger partial charge is 0.486 e. The van der Waals surface area contributed by atoms with Gasteiger partial charge in [0.1, 0.15) is 18.7 Å². The van der Waals surface area contributed by atoms with Crippen LogP contribution in [0.4, 0.5) is 0 Å². The van der Waals surface area contributed by atoms with Crippen molar-refractivity contribution in [2.75, 3.05) is 5.88 Å². The lowest BCUT2D eigenvalue weighted by molar-refractivity contribution is 0.286. The molecule has 0 unspecified atom stereocenters. The van der Waals surface area contributed by atoms with Gasteiger partial charge in [0.05, 0.1) is 5.88 Å². The van der Waals surface area contributed by atoms with Crippen molar-refractivity contribution in [3.05, 3.63) is 42.0 Å². The molecule has 104 valence electrons. The molecule has 0 fully saturated rings. The highest BCUT2D eigenvalue weighted by Gasteiger charge is 2.04. The van der Waals surface area contributed by atoms with Crippen LogP contribution in [-0.4, -0.2) is 20.6 Å². The first-order valence-electron chi connectivity index (χ1n) is 6.48. The molecule has 0 aliphatic carbocycles. The standard InChI is InChI=1S/C15H16ClN3O/c1-2-10-19-15(17-12-18-19)11-20-14-7-5-13(6-8-14)4-3-9-16/h5-8,12H,2,9-11H2,1H3. The van der Waals surface area contributed by atoms with Crippen molar-refractivity contribution in [1.29, 1.82) is 0 Å². The van der Waals surface area contributed by atoms with E-state index in [0.29, 0.717) is 12.5 Å². The second-order valence-corrected chi connectivity index (χ2v) is 4.42. The van der Waals surface area contributed by atoms with E-state index in [1.807, 2.05) is 28.9 Å². The average Bonchev–Trinajstić information content (AvgIpc) is 2.92. The molecule has 0 radical (unpaired) electrons. The van der Waals surface area contributed by atoms with Crippen LogP contribution in [0.25, 0.3) is 0 Å². The lowest BCUT2D eigenvalue weighted by atomic mass is 10.2. The number of aromatic nitrogens is 3. The summed E-state index contributed by atoms with van der Waals surface area (Å²) in [6.45, 7) is 3.37. The number of alkyl halides is 1. The smallest absolute Gasteiger partial charge is 0.164 e. The van der Waals surface area contributed by atoms with E-state index in [1.165, 1.54) is 0 Å². The highest BCUT2D eigenvalue weighted by atomic mass is 35.5. The quantitative estimate of drug-likeness (QED) is 0.628. The molecule has 0 amide bonds. The second kappa shape index (κ2) is 7.56. The molecule has 0 bridgehead atoms. The molecule has 1 heterocycles. The summed E-state index contributed by atoms with van der Waals surface area (Å²) in [5.74, 6) is 7.72. The summed E-state index contributed by atoms with van der Waals surface area (Å²) in [5, 5.41) is 4.16. The maximum Gasteiger partial charge on any atom is 0.164 e. The summed E-state index contributed by atoms with van der Waals surface area (Å²) < 4.78 is 7.56. The Morgan fingerprint density at radius 3 is 2.80 bits per heavy atom. The number of hydrogen-bond acceptors (Lipinski definition) is 3. The molecule has 1 aromatic heterocycles. The third-order valence-electron chi connectivity index (χ3n) is 2.65. The zero-order chi connectivity index (χ0) is 14.2. The number of nitrogens with zero attached hydrogens (tertiary/aromatic N) is 3. The van der Waals surface area contributed by atoms with Gasteiger partial charge in [-0.1, -0.05) is 18.8 Å². The molecule has 2 aromatic rings. The number of benzene rings is 1. The zero-order valence-electron chi connectivity index (χ0n) is 11.3. The van der Waals surface area contributed by atoms with Crippen molar-refractivity contribution in [3.8, 4) is 17.6 Å². The highest BCUT2D eigenvalue weighted by molar-refractivity contribution is 6.19. The number of halogens is 1. The summed E-state index contributed by atoms with van der Waals surface area (Å²) in [4.78, 5) is 4.20. The molecule has 20 heavy (non-hydrogen) atoms. The Kier molecular flexibility index (Phi) is 5.45. The van der Waals surface area contributed by atoms with Crippen molar-refractivity contribution >= 4 is 11.6 Å². The van der Waals surface area contributed by atoms with E-state index in [0.717, 1.165) is 30.1 Å². The van der Waals surface area contributed by atoms with Gasteiger partial charge in [-0.05, 0) is 30.7 Å². The molecule has 0 aliphatic heterocycles. The van der Waals surface area contributed by atoms with Crippen LogP contribution < -0.4 is 4.74 Å². The molecule has 5 heteroatoms. The van der Waals surface area contributed by atoms with Crippen molar-refractivity contribution in [3.63, 3.8) is 0 Å². The first kappa shape index (κ1) is 14.4. The second-order valence-electron chi connectivity index (χ2n) is 4.15. The minimum absolute atomic E-state index is 0.339. The summed E-state index contributed by atoms with van der Waals surface area (Å²) >= 11 is 5.52. The number of rotatable bonds is 5. The van der Waals surface area contributed by atoms with E-state index in [4.69, 9.17) is 16.3 Å². The van der Waals surface area contributed by atoms with Gasteiger partial charge in [-0.15, -0.1) is 11.6 Å². The molecular weight excluding hydrogens is 274 g/mol. The lowest BCUT2D eigenvalue weighted by Crippen LogP contribution is -2.08. The molecule has 4 nitrogen and oxygen atoms in total. The Labute approximate surface area is 123 Å². The van der Waals surface area contributed by atoms with Gasteiger partial charge in [0.25, 0.3) is 0 Å². The van der Waals surface area contributed by atoms with Crippen molar-refractivity contribution in [1.82, 2.24) is 14.8 Å². The molecule has 0 atom stereocenters. The highest BCUT2D eigenvalue weighted by Crippen LogP contribution is 2.13. The minimum Gasteiger partial charge on any atom is -0.486 e. The van der Waals surface area contributed by atoms with Gasteiger partial charge in [-0.3, -0.25) is 0 Å². The van der Waals surface area contributed by atoms with Crippen molar-refractivity contribution in [2.45, 2.75) is 26.5 Å². The Balaban J connectivity index is 1.95. The molecule has 0 aliphatic rings. The van der Waals surface area contributed by atoms with Gasteiger partial charge in [-0.25, -0.2) is 9.67 Å². The first-order chi connectivity index (χ1) is 9.83. The molecule has 0 saturated heterocycles. The van der Waals surface area contributed by atoms with E-state index in [1.54, 1.807) is 6.33 Å². The van der Waals surface area contributed by atoms with E-state index < -0.39 is 0 Å². The lowest BCUT2D eigenvalue weighted by Gasteiger charge is -2.07. The van der Waals surface area contributed by atoms with E-state index in [9.17, 15) is 0 Å². The van der Waals surface area contributed by atoms with E-state index in [-0.39, 0.29) is 0 Å². The van der Waals surface area contributed by atoms with Crippen molar-refractivity contribution in [2.24, 2.45) is 0 Å². The normalized spacial score (nSPS) is 9.90. The third kappa shape index (κ3) is 4.01. The molecule has 0 saturated carbocycles. The fraction of sp³-hybridized carbons (Fsp3) is 0.333. The predicted octanol–water partition coefficient (Wildman–Crippen LogP) is 2.86. The molecule has 2 rings (SSSR count). The Morgan fingerprint density at radius 2 is 2.10 bits per heavy atom. The maximum atomic E-state index is 5.70. The van der Waals surface area contributed by atoms with E-state index in [2.05, 4.69) is 28.8 Å². The zero-order valence-corrected chi connectivity index (χ0v) is 12.1. The van der Waals surface area contributed by atoms with Gasteiger partial charge >= 0.3 is 0 Å². The predicted molar refractivity (Wildman–Crippen MR) is 78.7 cm³/mol. The number of ether oxygens (including phenoxy) is 1. The van der Waals surface area contributed by atoms with Crippen molar-refractivity contribution < 1.29 is 4.74 Å². The topological polar surface area (TPSA) is 39.9 Å². The Morgan fingerprint density at radius 1 is 1.30 bits per heavy atom. The molecule has 1 aromatic carbocycles. The summed E-state index contributed by atoms with van der Waals surface area (Å²) in [7, 11) is 0. The third-order valence-corrected chi connectivity index (χ3v) is 2.79. The van der Waals surface area contributed by atoms with Crippen LogP contribution >= 0.6 is 11.6 Å². The van der Waals surface area contributed by atoms with Gasteiger partial charge in [0.2, 0.25) is 0 Å². The summed E-state index contributed by atoms with van der Waals surface area (Å²) in [6, 6.07) is 7.59.